The molecule has 2 aromatic heterocycles. The van der Waals surface area contributed by atoms with E-state index in [2.05, 4.69) is 10.3 Å². The first-order valence-corrected chi connectivity index (χ1v) is 6.49. The van der Waals surface area contributed by atoms with Gasteiger partial charge in [0.15, 0.2) is 6.29 Å². The van der Waals surface area contributed by atoms with Gasteiger partial charge >= 0.3 is 0 Å². The molecule has 104 valence electrons. The lowest BCUT2D eigenvalue weighted by Crippen LogP contribution is -2.26. The Morgan fingerprint density at radius 2 is 2.25 bits per heavy atom. The van der Waals surface area contributed by atoms with Crippen LogP contribution in [0.4, 0.5) is 5.69 Å². The minimum Gasteiger partial charge on any atom is -0.380 e. The van der Waals surface area contributed by atoms with Gasteiger partial charge in [-0.2, -0.15) is 0 Å². The molecule has 5 heteroatoms. The topological polar surface area (TPSA) is 64.0 Å². The Hall–Kier alpha value is -2.43. The molecule has 0 fully saturated rings. The number of carbonyl (C=O) groups excluding carboxylic acids is 1. The molecule has 0 radical (unpaired) electrons. The predicted octanol–water partition coefficient (Wildman–Crippen LogP) is 2.00. The fourth-order valence-corrected chi connectivity index (χ4v) is 2.14. The lowest BCUT2D eigenvalue weighted by atomic mass is 10.2. The Morgan fingerprint density at radius 1 is 1.45 bits per heavy atom. The molecule has 0 saturated carbocycles. The summed E-state index contributed by atoms with van der Waals surface area (Å²) < 4.78 is 1.58. The maximum absolute atomic E-state index is 12.2. The van der Waals surface area contributed by atoms with E-state index in [0.29, 0.717) is 25.1 Å². The molecule has 2 rings (SSSR count). The van der Waals surface area contributed by atoms with Crippen LogP contribution >= 0.6 is 0 Å². The van der Waals surface area contributed by atoms with Gasteiger partial charge in [-0.3, -0.25) is 14.6 Å². The van der Waals surface area contributed by atoms with Gasteiger partial charge in [0.25, 0.3) is 5.56 Å². The van der Waals surface area contributed by atoms with Gasteiger partial charge in [-0.05, 0) is 31.5 Å². The maximum Gasteiger partial charge on any atom is 0.263 e. The first kappa shape index (κ1) is 14.0. The second kappa shape index (κ2) is 6.14. The van der Waals surface area contributed by atoms with Gasteiger partial charge in [-0.15, -0.1) is 0 Å². The van der Waals surface area contributed by atoms with E-state index in [1.807, 2.05) is 32.0 Å². The molecule has 0 spiro atoms. The van der Waals surface area contributed by atoms with E-state index in [1.54, 1.807) is 17.0 Å². The molecule has 20 heavy (non-hydrogen) atoms. The molecule has 0 aromatic carbocycles. The Kier molecular flexibility index (Phi) is 4.30. The predicted molar refractivity (Wildman–Crippen MR) is 78.1 cm³/mol. The van der Waals surface area contributed by atoms with Crippen LogP contribution in [0.3, 0.4) is 0 Å². The van der Waals surface area contributed by atoms with Crippen LogP contribution in [0.2, 0.25) is 0 Å². The number of hydrogen-bond donors (Lipinski definition) is 1. The molecular weight excluding hydrogens is 254 g/mol. The SMILES string of the molecule is CCn1c(C)cc(NCc2cccnc2)c(C=O)c1=O. The molecule has 0 amide bonds. The van der Waals surface area contributed by atoms with Crippen molar-refractivity contribution >= 4 is 12.0 Å². The molecule has 2 aromatic rings. The van der Waals surface area contributed by atoms with Gasteiger partial charge in [0.2, 0.25) is 0 Å². The Bertz CT molecular complexity index is 663. The molecule has 5 nitrogen and oxygen atoms in total. The highest BCUT2D eigenvalue weighted by atomic mass is 16.1. The summed E-state index contributed by atoms with van der Waals surface area (Å²) in [6.45, 7) is 4.80. The third-order valence-electron chi connectivity index (χ3n) is 3.18. The quantitative estimate of drug-likeness (QED) is 0.845. The highest BCUT2D eigenvalue weighted by Crippen LogP contribution is 2.13. The van der Waals surface area contributed by atoms with Gasteiger partial charge in [0.05, 0.1) is 5.69 Å². The number of pyridine rings is 2. The van der Waals surface area contributed by atoms with Crippen LogP contribution in [0.15, 0.2) is 35.4 Å². The van der Waals surface area contributed by atoms with Crippen molar-refractivity contribution < 1.29 is 4.79 Å². The number of carbonyl (C=O) groups is 1. The number of aromatic nitrogens is 2. The second-order valence-corrected chi connectivity index (χ2v) is 4.50. The van der Waals surface area contributed by atoms with E-state index >= 15 is 0 Å². The lowest BCUT2D eigenvalue weighted by Gasteiger charge is -2.13. The minimum absolute atomic E-state index is 0.168. The molecule has 0 aliphatic carbocycles. The van der Waals surface area contributed by atoms with E-state index in [9.17, 15) is 9.59 Å². The van der Waals surface area contributed by atoms with Crippen molar-refractivity contribution in [2.75, 3.05) is 5.32 Å². The van der Waals surface area contributed by atoms with Crippen LogP contribution < -0.4 is 10.9 Å². The fourth-order valence-electron chi connectivity index (χ4n) is 2.14. The zero-order chi connectivity index (χ0) is 14.5. The normalized spacial score (nSPS) is 10.3. The van der Waals surface area contributed by atoms with Crippen molar-refractivity contribution in [3.05, 3.63) is 57.8 Å². The number of nitrogens with one attached hydrogen (secondary N) is 1. The van der Waals surface area contributed by atoms with Gasteiger partial charge in [-0.25, -0.2) is 0 Å². The number of nitrogens with zero attached hydrogens (tertiary/aromatic N) is 2. The maximum atomic E-state index is 12.2. The van der Waals surface area contributed by atoms with E-state index in [4.69, 9.17) is 0 Å². The molecule has 0 saturated heterocycles. The summed E-state index contributed by atoms with van der Waals surface area (Å²) in [5.74, 6) is 0. The van der Waals surface area contributed by atoms with Crippen molar-refractivity contribution in [2.24, 2.45) is 0 Å². The second-order valence-electron chi connectivity index (χ2n) is 4.50. The Morgan fingerprint density at radius 3 is 2.85 bits per heavy atom. The van der Waals surface area contributed by atoms with Crippen LogP contribution in [0.25, 0.3) is 0 Å². The first-order valence-electron chi connectivity index (χ1n) is 6.49. The van der Waals surface area contributed by atoms with Crippen molar-refractivity contribution in [2.45, 2.75) is 26.9 Å². The van der Waals surface area contributed by atoms with Crippen LogP contribution in [-0.4, -0.2) is 15.8 Å². The molecular formula is C15H17N3O2. The van der Waals surface area contributed by atoms with Crippen molar-refractivity contribution in [3.63, 3.8) is 0 Å². The van der Waals surface area contributed by atoms with Gasteiger partial charge in [-0.1, -0.05) is 6.07 Å². The lowest BCUT2D eigenvalue weighted by molar-refractivity contribution is 0.112. The highest BCUT2D eigenvalue weighted by molar-refractivity contribution is 5.83. The third-order valence-corrected chi connectivity index (χ3v) is 3.18. The van der Waals surface area contributed by atoms with Crippen LogP contribution in [-0.2, 0) is 13.1 Å². The standard InChI is InChI=1S/C15H17N3O2/c1-3-18-11(2)7-14(13(10-19)15(18)20)17-9-12-5-4-6-16-8-12/h4-8,10,17H,3,9H2,1-2H3. The highest BCUT2D eigenvalue weighted by Gasteiger charge is 2.11. The average Bonchev–Trinajstić information content (AvgIpc) is 2.46. The first-order chi connectivity index (χ1) is 9.67. The van der Waals surface area contributed by atoms with Crippen molar-refractivity contribution in [3.8, 4) is 0 Å². The van der Waals surface area contributed by atoms with Gasteiger partial charge in [0.1, 0.15) is 5.56 Å². The zero-order valence-corrected chi connectivity index (χ0v) is 11.6. The molecule has 0 unspecified atom stereocenters. The number of aldehydes is 1. The van der Waals surface area contributed by atoms with Crippen LogP contribution in [0.1, 0.15) is 28.5 Å². The van der Waals surface area contributed by atoms with Crippen LogP contribution in [0, 0.1) is 6.92 Å². The third kappa shape index (κ3) is 2.77. The summed E-state index contributed by atoms with van der Waals surface area (Å²) >= 11 is 0. The summed E-state index contributed by atoms with van der Waals surface area (Å²) in [6.07, 6.45) is 4.06. The van der Waals surface area contributed by atoms with Crippen molar-refractivity contribution in [1.29, 1.82) is 0 Å². The number of rotatable bonds is 5. The Balaban J connectivity index is 2.32. The summed E-state index contributed by atoms with van der Waals surface area (Å²) in [5.41, 5.74) is 2.30. The molecule has 2 heterocycles. The monoisotopic (exact) mass is 271 g/mol. The molecule has 0 atom stereocenters. The summed E-state index contributed by atoms with van der Waals surface area (Å²) in [7, 11) is 0. The molecule has 0 aliphatic rings. The van der Waals surface area contributed by atoms with Gasteiger partial charge in [0, 0.05) is 31.2 Å². The van der Waals surface area contributed by atoms with E-state index in [0.717, 1.165) is 11.3 Å². The fraction of sp³-hybridized carbons (Fsp3) is 0.267. The van der Waals surface area contributed by atoms with E-state index < -0.39 is 0 Å². The average molecular weight is 271 g/mol. The largest absolute Gasteiger partial charge is 0.380 e. The molecule has 0 bridgehead atoms. The van der Waals surface area contributed by atoms with E-state index in [1.165, 1.54) is 0 Å². The van der Waals surface area contributed by atoms with E-state index in [-0.39, 0.29) is 11.1 Å². The molecule has 0 aliphatic heterocycles. The number of hydrogen-bond acceptors (Lipinski definition) is 4. The number of anilines is 1. The van der Waals surface area contributed by atoms with Crippen LogP contribution in [0.5, 0.6) is 0 Å². The smallest absolute Gasteiger partial charge is 0.263 e. The number of aryl methyl sites for hydroxylation is 1. The summed E-state index contributed by atoms with van der Waals surface area (Å²) in [5, 5.41) is 3.13. The Labute approximate surface area is 117 Å². The summed E-state index contributed by atoms with van der Waals surface area (Å²) in [4.78, 5) is 27.4. The summed E-state index contributed by atoms with van der Waals surface area (Å²) in [6, 6.07) is 5.60. The van der Waals surface area contributed by atoms with Crippen molar-refractivity contribution in [1.82, 2.24) is 9.55 Å². The zero-order valence-electron chi connectivity index (χ0n) is 11.6. The molecule has 1 N–H and O–H groups in total. The minimum atomic E-state index is -0.254. The van der Waals surface area contributed by atoms with Gasteiger partial charge < -0.3 is 9.88 Å².